The molecule has 0 aromatic carbocycles. The van der Waals surface area contributed by atoms with Crippen molar-refractivity contribution in [3.8, 4) is 0 Å². The third kappa shape index (κ3) is 15.4. The van der Waals surface area contributed by atoms with Gasteiger partial charge in [0.05, 0.1) is 0 Å². The van der Waals surface area contributed by atoms with Crippen molar-refractivity contribution >= 4 is 5.91 Å². The predicted molar refractivity (Wildman–Crippen MR) is 78.8 cm³/mol. The van der Waals surface area contributed by atoms with Crippen molar-refractivity contribution in [2.24, 2.45) is 0 Å². The maximum Gasteiger partial charge on any atom is 0.216 e. The summed E-state index contributed by atoms with van der Waals surface area (Å²) >= 11 is 0. The summed E-state index contributed by atoms with van der Waals surface area (Å²) in [4.78, 5) is 10.6. The first-order valence-electron chi connectivity index (χ1n) is 7.66. The molecule has 108 valence electrons. The Balaban J connectivity index is 2.92. The Labute approximate surface area is 113 Å². The number of nitrogens with one attached hydrogen (secondary N) is 2. The highest BCUT2D eigenvalue weighted by Gasteiger charge is 1.94. The van der Waals surface area contributed by atoms with Crippen LogP contribution in [0.15, 0.2) is 0 Å². The quantitative estimate of drug-likeness (QED) is 0.497. The Morgan fingerprint density at radius 2 is 1.11 bits per heavy atom. The van der Waals surface area contributed by atoms with Crippen molar-refractivity contribution in [1.82, 2.24) is 10.6 Å². The zero-order valence-electron chi connectivity index (χ0n) is 12.4. The summed E-state index contributed by atoms with van der Waals surface area (Å²) in [5.41, 5.74) is 0. The zero-order chi connectivity index (χ0) is 13.5. The van der Waals surface area contributed by atoms with Crippen LogP contribution in [0.2, 0.25) is 0 Å². The van der Waals surface area contributed by atoms with Gasteiger partial charge in [-0.1, -0.05) is 51.4 Å². The molecule has 0 heterocycles. The van der Waals surface area contributed by atoms with Crippen LogP contribution in [-0.2, 0) is 4.79 Å². The van der Waals surface area contributed by atoms with Crippen molar-refractivity contribution in [3.05, 3.63) is 0 Å². The van der Waals surface area contributed by atoms with E-state index in [1.54, 1.807) is 6.92 Å². The molecule has 0 aliphatic rings. The molecule has 0 atom stereocenters. The molecule has 0 fully saturated rings. The van der Waals surface area contributed by atoms with E-state index in [-0.39, 0.29) is 5.91 Å². The topological polar surface area (TPSA) is 41.1 Å². The van der Waals surface area contributed by atoms with Crippen LogP contribution in [0.5, 0.6) is 0 Å². The molecule has 0 rings (SSSR count). The molecule has 0 saturated heterocycles. The second kappa shape index (κ2) is 14.5. The van der Waals surface area contributed by atoms with Gasteiger partial charge >= 0.3 is 0 Å². The minimum absolute atomic E-state index is 0.0910. The second-order valence-electron chi connectivity index (χ2n) is 5.12. The first-order valence-corrected chi connectivity index (χ1v) is 7.66. The van der Waals surface area contributed by atoms with E-state index in [1.165, 1.54) is 57.8 Å². The Hall–Kier alpha value is -0.570. The van der Waals surface area contributed by atoms with Crippen LogP contribution in [0, 0.1) is 0 Å². The molecule has 0 saturated carbocycles. The van der Waals surface area contributed by atoms with Gasteiger partial charge in [-0.25, -0.2) is 0 Å². The molecule has 0 aliphatic heterocycles. The van der Waals surface area contributed by atoms with Gasteiger partial charge in [0.15, 0.2) is 0 Å². The summed E-state index contributed by atoms with van der Waals surface area (Å²) in [5, 5.41) is 6.02. The van der Waals surface area contributed by atoms with Crippen molar-refractivity contribution in [2.45, 2.75) is 71.1 Å². The lowest BCUT2D eigenvalue weighted by Crippen LogP contribution is -2.20. The van der Waals surface area contributed by atoms with Crippen molar-refractivity contribution in [1.29, 1.82) is 0 Å². The Bertz CT molecular complexity index is 183. The molecule has 0 unspecified atom stereocenters. The van der Waals surface area contributed by atoms with Crippen LogP contribution < -0.4 is 10.6 Å². The Kier molecular flexibility index (Phi) is 14.0. The number of amides is 1. The van der Waals surface area contributed by atoms with Gasteiger partial charge in [-0.15, -0.1) is 0 Å². The number of hydrogen-bond acceptors (Lipinski definition) is 2. The molecule has 0 bridgehead atoms. The monoisotopic (exact) mass is 256 g/mol. The van der Waals surface area contributed by atoms with Crippen LogP contribution in [0.25, 0.3) is 0 Å². The van der Waals surface area contributed by atoms with Gasteiger partial charge in [0.25, 0.3) is 0 Å². The fourth-order valence-electron chi connectivity index (χ4n) is 2.11. The van der Waals surface area contributed by atoms with E-state index >= 15 is 0 Å². The largest absolute Gasteiger partial charge is 0.356 e. The Morgan fingerprint density at radius 3 is 1.50 bits per heavy atom. The van der Waals surface area contributed by atoms with Crippen molar-refractivity contribution in [2.75, 3.05) is 20.1 Å². The molecule has 0 aliphatic carbocycles. The molecule has 3 nitrogen and oxygen atoms in total. The summed E-state index contributed by atoms with van der Waals surface area (Å²) in [6.45, 7) is 3.59. The molecule has 0 radical (unpaired) electrons. The van der Waals surface area contributed by atoms with Crippen LogP contribution in [0.4, 0.5) is 0 Å². The summed E-state index contributed by atoms with van der Waals surface area (Å²) in [6.07, 6.45) is 13.3. The minimum Gasteiger partial charge on any atom is -0.356 e. The van der Waals surface area contributed by atoms with Gasteiger partial charge in [-0.3, -0.25) is 4.79 Å². The van der Waals surface area contributed by atoms with Gasteiger partial charge < -0.3 is 10.6 Å². The highest BCUT2D eigenvalue weighted by atomic mass is 16.1. The number of unbranched alkanes of at least 4 members (excludes halogenated alkanes) is 9. The first-order chi connectivity index (χ1) is 8.77. The van der Waals surface area contributed by atoms with Crippen LogP contribution in [-0.4, -0.2) is 26.0 Å². The molecular formula is C15H32N2O. The fourth-order valence-corrected chi connectivity index (χ4v) is 2.11. The average Bonchev–Trinajstić information content (AvgIpc) is 2.34. The van der Waals surface area contributed by atoms with Gasteiger partial charge in [-0.05, 0) is 26.4 Å². The van der Waals surface area contributed by atoms with E-state index < -0.39 is 0 Å². The lowest BCUT2D eigenvalue weighted by atomic mass is 10.1. The van der Waals surface area contributed by atoms with Crippen molar-refractivity contribution < 1.29 is 4.79 Å². The van der Waals surface area contributed by atoms with E-state index in [2.05, 4.69) is 10.6 Å². The van der Waals surface area contributed by atoms with Gasteiger partial charge in [0.1, 0.15) is 0 Å². The van der Waals surface area contributed by atoms with Gasteiger partial charge in [0, 0.05) is 13.5 Å². The van der Waals surface area contributed by atoms with Crippen molar-refractivity contribution in [3.63, 3.8) is 0 Å². The molecule has 3 heteroatoms. The number of carbonyl (C=O) groups is 1. The van der Waals surface area contributed by atoms with E-state index in [0.717, 1.165) is 19.5 Å². The summed E-state index contributed by atoms with van der Waals surface area (Å²) in [7, 11) is 2.02. The standard InChI is InChI=1S/C15H32N2O/c1-15(18)17-14-12-10-8-6-4-3-5-7-9-11-13-16-2/h16H,3-14H2,1-2H3,(H,17,18). The summed E-state index contributed by atoms with van der Waals surface area (Å²) in [6, 6.07) is 0. The normalized spacial score (nSPS) is 10.6. The van der Waals surface area contributed by atoms with Crippen LogP contribution >= 0.6 is 0 Å². The predicted octanol–water partition coefficient (Wildman–Crippen LogP) is 3.24. The van der Waals surface area contributed by atoms with E-state index in [9.17, 15) is 4.79 Å². The van der Waals surface area contributed by atoms with Gasteiger partial charge in [0.2, 0.25) is 5.91 Å². The minimum atomic E-state index is 0.0910. The van der Waals surface area contributed by atoms with E-state index in [4.69, 9.17) is 0 Å². The summed E-state index contributed by atoms with van der Waals surface area (Å²) in [5.74, 6) is 0.0910. The molecule has 0 spiro atoms. The van der Waals surface area contributed by atoms with E-state index in [0.29, 0.717) is 0 Å². The first kappa shape index (κ1) is 17.4. The Morgan fingerprint density at radius 1 is 0.722 bits per heavy atom. The lowest BCUT2D eigenvalue weighted by Gasteiger charge is -2.03. The summed E-state index contributed by atoms with van der Waals surface area (Å²) < 4.78 is 0. The third-order valence-corrected chi connectivity index (χ3v) is 3.23. The lowest BCUT2D eigenvalue weighted by molar-refractivity contribution is -0.118. The number of carbonyl (C=O) groups excluding carboxylic acids is 1. The fraction of sp³-hybridized carbons (Fsp3) is 0.933. The number of hydrogen-bond donors (Lipinski definition) is 2. The third-order valence-electron chi connectivity index (χ3n) is 3.23. The van der Waals surface area contributed by atoms with E-state index in [1.807, 2.05) is 7.05 Å². The smallest absolute Gasteiger partial charge is 0.216 e. The SMILES string of the molecule is CNCCCCCCCCCCCCNC(C)=O. The zero-order valence-corrected chi connectivity index (χ0v) is 12.4. The molecule has 2 N–H and O–H groups in total. The number of rotatable bonds is 13. The molecule has 1 amide bonds. The molecule has 0 aromatic rings. The molecular weight excluding hydrogens is 224 g/mol. The van der Waals surface area contributed by atoms with Crippen LogP contribution in [0.3, 0.4) is 0 Å². The average molecular weight is 256 g/mol. The highest BCUT2D eigenvalue weighted by molar-refractivity contribution is 5.72. The molecule has 0 aromatic heterocycles. The highest BCUT2D eigenvalue weighted by Crippen LogP contribution is 2.10. The second-order valence-corrected chi connectivity index (χ2v) is 5.12. The van der Waals surface area contributed by atoms with Gasteiger partial charge in [-0.2, -0.15) is 0 Å². The maximum atomic E-state index is 10.6. The molecule has 18 heavy (non-hydrogen) atoms. The van der Waals surface area contributed by atoms with Crippen LogP contribution in [0.1, 0.15) is 71.1 Å². The maximum absolute atomic E-state index is 10.6.